The number of ketones is 1. The third kappa shape index (κ3) is 3.20. The van der Waals surface area contributed by atoms with E-state index in [1.165, 1.54) is 0 Å². The number of allylic oxidation sites excluding steroid dienone is 1. The lowest BCUT2D eigenvalue weighted by Gasteiger charge is -2.07. The SMILES string of the molecule is O=C1C=C(C(=O)OCC(F)(F)F)CC1. The van der Waals surface area contributed by atoms with Gasteiger partial charge in [-0.3, -0.25) is 4.79 Å². The molecule has 0 spiro atoms. The van der Waals surface area contributed by atoms with Crippen LogP contribution in [0, 0.1) is 0 Å². The van der Waals surface area contributed by atoms with E-state index in [-0.39, 0.29) is 24.2 Å². The normalized spacial score (nSPS) is 16.8. The molecule has 0 saturated carbocycles. The molecule has 6 heteroatoms. The van der Waals surface area contributed by atoms with E-state index in [4.69, 9.17) is 0 Å². The average Bonchev–Trinajstić information content (AvgIpc) is 2.46. The smallest absolute Gasteiger partial charge is 0.422 e. The van der Waals surface area contributed by atoms with Gasteiger partial charge >= 0.3 is 12.1 Å². The van der Waals surface area contributed by atoms with Crippen LogP contribution >= 0.6 is 0 Å². The minimum Gasteiger partial charge on any atom is -0.453 e. The second-order valence-electron chi connectivity index (χ2n) is 2.83. The van der Waals surface area contributed by atoms with Crippen LogP contribution in [0.4, 0.5) is 13.2 Å². The first kappa shape index (κ1) is 10.7. The van der Waals surface area contributed by atoms with Crippen molar-refractivity contribution in [3.8, 4) is 0 Å². The van der Waals surface area contributed by atoms with Crippen LogP contribution < -0.4 is 0 Å². The van der Waals surface area contributed by atoms with E-state index in [0.29, 0.717) is 0 Å². The van der Waals surface area contributed by atoms with Crippen LogP contribution in [-0.2, 0) is 14.3 Å². The number of carbonyl (C=O) groups is 2. The van der Waals surface area contributed by atoms with Crippen molar-refractivity contribution in [2.24, 2.45) is 0 Å². The number of esters is 1. The molecular formula is C8H7F3O3. The number of rotatable bonds is 2. The highest BCUT2D eigenvalue weighted by molar-refractivity contribution is 6.03. The van der Waals surface area contributed by atoms with Gasteiger partial charge in [-0.05, 0) is 12.5 Å². The Morgan fingerprint density at radius 3 is 2.50 bits per heavy atom. The number of carbonyl (C=O) groups excluding carboxylic acids is 2. The Balaban J connectivity index is 2.44. The molecule has 0 bridgehead atoms. The summed E-state index contributed by atoms with van der Waals surface area (Å²) in [6, 6.07) is 0. The fourth-order valence-corrected chi connectivity index (χ4v) is 0.998. The summed E-state index contributed by atoms with van der Waals surface area (Å²) in [4.78, 5) is 21.5. The van der Waals surface area contributed by atoms with Gasteiger partial charge in [0.05, 0.1) is 0 Å². The van der Waals surface area contributed by atoms with Gasteiger partial charge in [-0.2, -0.15) is 13.2 Å². The lowest BCUT2D eigenvalue weighted by molar-refractivity contribution is -0.183. The molecule has 0 aliphatic heterocycles. The molecule has 0 N–H and O–H groups in total. The van der Waals surface area contributed by atoms with Gasteiger partial charge in [0.25, 0.3) is 0 Å². The fourth-order valence-electron chi connectivity index (χ4n) is 0.998. The summed E-state index contributed by atoms with van der Waals surface area (Å²) in [5, 5.41) is 0. The topological polar surface area (TPSA) is 43.4 Å². The van der Waals surface area contributed by atoms with Crippen molar-refractivity contribution in [1.82, 2.24) is 0 Å². The maximum atomic E-state index is 11.6. The van der Waals surface area contributed by atoms with Crippen molar-refractivity contribution >= 4 is 11.8 Å². The van der Waals surface area contributed by atoms with Gasteiger partial charge in [0.2, 0.25) is 0 Å². The van der Waals surface area contributed by atoms with Crippen LogP contribution in [0.3, 0.4) is 0 Å². The molecule has 1 aliphatic carbocycles. The predicted octanol–water partition coefficient (Wildman–Crippen LogP) is 1.38. The number of halogens is 3. The van der Waals surface area contributed by atoms with Crippen molar-refractivity contribution in [2.45, 2.75) is 19.0 Å². The first-order valence-corrected chi connectivity index (χ1v) is 3.86. The highest BCUT2D eigenvalue weighted by atomic mass is 19.4. The van der Waals surface area contributed by atoms with E-state index in [9.17, 15) is 22.8 Å². The van der Waals surface area contributed by atoms with Crippen LogP contribution in [0.2, 0.25) is 0 Å². The van der Waals surface area contributed by atoms with Crippen molar-refractivity contribution < 1.29 is 27.5 Å². The van der Waals surface area contributed by atoms with E-state index in [2.05, 4.69) is 4.74 Å². The quantitative estimate of drug-likeness (QED) is 0.644. The van der Waals surface area contributed by atoms with E-state index in [1.807, 2.05) is 0 Å². The van der Waals surface area contributed by atoms with Crippen LogP contribution in [0.15, 0.2) is 11.6 Å². The van der Waals surface area contributed by atoms with Gasteiger partial charge in [-0.25, -0.2) is 4.79 Å². The van der Waals surface area contributed by atoms with Crippen LogP contribution in [0.25, 0.3) is 0 Å². The highest BCUT2D eigenvalue weighted by Crippen LogP contribution is 2.19. The predicted molar refractivity (Wildman–Crippen MR) is 39.3 cm³/mol. The van der Waals surface area contributed by atoms with Gasteiger partial charge < -0.3 is 4.74 Å². The molecule has 0 saturated heterocycles. The minimum atomic E-state index is -4.53. The highest BCUT2D eigenvalue weighted by Gasteiger charge is 2.30. The fraction of sp³-hybridized carbons (Fsp3) is 0.500. The molecule has 0 unspecified atom stereocenters. The zero-order valence-corrected chi connectivity index (χ0v) is 7.06. The van der Waals surface area contributed by atoms with Crippen molar-refractivity contribution in [2.75, 3.05) is 6.61 Å². The molecule has 3 nitrogen and oxygen atoms in total. The Morgan fingerprint density at radius 2 is 2.07 bits per heavy atom. The lowest BCUT2D eigenvalue weighted by atomic mass is 10.2. The van der Waals surface area contributed by atoms with Gasteiger partial charge in [0, 0.05) is 12.0 Å². The maximum Gasteiger partial charge on any atom is 0.422 e. The zero-order chi connectivity index (χ0) is 10.8. The Morgan fingerprint density at radius 1 is 1.43 bits per heavy atom. The Hall–Kier alpha value is -1.33. The van der Waals surface area contributed by atoms with Gasteiger partial charge in [-0.1, -0.05) is 0 Å². The Bertz CT molecular complexity index is 291. The Kier molecular flexibility index (Phi) is 2.93. The second-order valence-corrected chi connectivity index (χ2v) is 2.83. The van der Waals surface area contributed by atoms with Gasteiger partial charge in [-0.15, -0.1) is 0 Å². The third-order valence-electron chi connectivity index (χ3n) is 1.61. The van der Waals surface area contributed by atoms with Gasteiger partial charge in [0.1, 0.15) is 0 Å². The molecule has 0 aromatic rings. The molecule has 1 aliphatic rings. The number of alkyl halides is 3. The summed E-state index contributed by atoms with van der Waals surface area (Å²) in [6.07, 6.45) is -3.18. The largest absolute Gasteiger partial charge is 0.453 e. The van der Waals surface area contributed by atoms with Crippen LogP contribution in [0.5, 0.6) is 0 Å². The summed E-state index contributed by atoms with van der Waals surface area (Å²) in [7, 11) is 0. The molecule has 1 rings (SSSR count). The molecule has 0 aromatic heterocycles. The first-order valence-electron chi connectivity index (χ1n) is 3.86. The average molecular weight is 208 g/mol. The molecular weight excluding hydrogens is 201 g/mol. The van der Waals surface area contributed by atoms with Crippen molar-refractivity contribution in [3.63, 3.8) is 0 Å². The lowest BCUT2D eigenvalue weighted by Crippen LogP contribution is -2.20. The standard InChI is InChI=1S/C8H7F3O3/c9-8(10,11)4-14-7(13)5-1-2-6(12)3-5/h3H,1-2,4H2. The zero-order valence-electron chi connectivity index (χ0n) is 7.06. The summed E-state index contributed by atoms with van der Waals surface area (Å²) in [5.41, 5.74) is 0.0132. The summed E-state index contributed by atoms with van der Waals surface area (Å²) in [5.74, 6) is -1.32. The van der Waals surface area contributed by atoms with Crippen molar-refractivity contribution in [3.05, 3.63) is 11.6 Å². The number of hydrogen-bond acceptors (Lipinski definition) is 3. The Labute approximate surface area is 77.5 Å². The minimum absolute atomic E-state index is 0.0132. The summed E-state index contributed by atoms with van der Waals surface area (Å²) in [6.45, 7) is -1.61. The molecule has 78 valence electrons. The van der Waals surface area contributed by atoms with E-state index >= 15 is 0 Å². The number of hydrogen-bond donors (Lipinski definition) is 0. The molecule has 0 aromatic carbocycles. The summed E-state index contributed by atoms with van der Waals surface area (Å²) < 4.78 is 38.8. The summed E-state index contributed by atoms with van der Waals surface area (Å²) >= 11 is 0. The second kappa shape index (κ2) is 3.81. The molecule has 0 heterocycles. The van der Waals surface area contributed by atoms with Crippen LogP contribution in [0.1, 0.15) is 12.8 Å². The molecule has 14 heavy (non-hydrogen) atoms. The first-order chi connectivity index (χ1) is 6.38. The number of ether oxygens (including phenoxy) is 1. The van der Waals surface area contributed by atoms with Crippen LogP contribution in [-0.4, -0.2) is 24.5 Å². The molecule has 0 atom stereocenters. The monoisotopic (exact) mass is 208 g/mol. The molecule has 0 fully saturated rings. The third-order valence-corrected chi connectivity index (χ3v) is 1.61. The van der Waals surface area contributed by atoms with E-state index < -0.39 is 18.8 Å². The van der Waals surface area contributed by atoms with E-state index in [1.54, 1.807) is 0 Å². The molecule has 0 radical (unpaired) electrons. The maximum absolute atomic E-state index is 11.6. The van der Waals surface area contributed by atoms with Gasteiger partial charge in [0.15, 0.2) is 12.4 Å². The molecule has 0 amide bonds. The van der Waals surface area contributed by atoms with E-state index in [0.717, 1.165) is 6.08 Å². The van der Waals surface area contributed by atoms with Crippen molar-refractivity contribution in [1.29, 1.82) is 0 Å².